The molecule has 2 heterocycles. The van der Waals surface area contributed by atoms with Crippen LogP contribution < -0.4 is 10.6 Å². The van der Waals surface area contributed by atoms with Crippen molar-refractivity contribution >= 4 is 51.4 Å². The van der Waals surface area contributed by atoms with Gasteiger partial charge in [0.25, 0.3) is 0 Å². The van der Waals surface area contributed by atoms with Crippen molar-refractivity contribution in [1.29, 1.82) is 0 Å². The monoisotopic (exact) mass is 532 g/mol. The van der Waals surface area contributed by atoms with Gasteiger partial charge in [-0.2, -0.15) is 4.98 Å². The van der Waals surface area contributed by atoms with Gasteiger partial charge in [-0.05, 0) is 30.5 Å². The van der Waals surface area contributed by atoms with Gasteiger partial charge in [-0.25, -0.2) is 9.78 Å². The molecule has 2 N–H and O–H groups in total. The minimum Gasteiger partial charge on any atom is -0.463 e. The number of nitrogens with one attached hydrogen (secondary N) is 2. The van der Waals surface area contributed by atoms with Crippen LogP contribution in [0.2, 0.25) is 0 Å². The molecule has 1 amide bonds. The third-order valence-electron chi connectivity index (χ3n) is 4.48. The van der Waals surface area contributed by atoms with Crippen LogP contribution >= 0.6 is 11.3 Å². The molecule has 0 aliphatic rings. The first-order valence-corrected chi connectivity index (χ1v) is 13.0. The van der Waals surface area contributed by atoms with Gasteiger partial charge in [0.05, 0.1) is 25.2 Å². The summed E-state index contributed by atoms with van der Waals surface area (Å²) in [4.78, 5) is 33.6. The van der Waals surface area contributed by atoms with E-state index in [-0.39, 0.29) is 25.6 Å². The standard InChI is InChI=1S/C23H26N5O6S2/c1-3-33-23(30)28-36(31)17-8-6-16(7-9-17)26-22-25-15-18(19-5-4-14-35-19)21(27-22)24-11-10-20(29)34-13-12-32-2/h4-9,14-15H,3,10-13H2,1-2H3,(H2,24,25,26,27)/q-1. The van der Waals surface area contributed by atoms with E-state index in [1.54, 1.807) is 55.8 Å². The van der Waals surface area contributed by atoms with E-state index < -0.39 is 16.7 Å². The maximum absolute atomic E-state index is 12.2. The highest BCUT2D eigenvalue weighted by atomic mass is 32.2. The number of rotatable bonds is 12. The van der Waals surface area contributed by atoms with E-state index in [9.17, 15) is 13.8 Å². The quantitative estimate of drug-likeness (QED) is 0.193. The molecule has 0 saturated carbocycles. The molecule has 13 heteroatoms. The molecule has 0 spiro atoms. The van der Waals surface area contributed by atoms with Crippen LogP contribution in [0.4, 0.5) is 22.2 Å². The predicted octanol–water partition coefficient (Wildman–Crippen LogP) is 4.60. The zero-order valence-electron chi connectivity index (χ0n) is 19.8. The molecule has 1 aromatic carbocycles. The minimum absolute atomic E-state index is 0.156. The van der Waals surface area contributed by atoms with E-state index in [0.717, 1.165) is 10.4 Å². The number of aromatic nitrogens is 2. The molecular formula is C23H26N5O6S2-. The Kier molecular flexibility index (Phi) is 10.6. The van der Waals surface area contributed by atoms with Gasteiger partial charge < -0.3 is 29.1 Å². The number of nitrogens with zero attached hydrogens (tertiary/aromatic N) is 3. The van der Waals surface area contributed by atoms with Crippen LogP contribution in [0.3, 0.4) is 0 Å². The third kappa shape index (κ3) is 8.29. The highest BCUT2D eigenvalue weighted by molar-refractivity contribution is 7.75. The molecule has 0 radical (unpaired) electrons. The van der Waals surface area contributed by atoms with Gasteiger partial charge in [0.15, 0.2) is 0 Å². The molecule has 0 saturated heterocycles. The number of benzene rings is 1. The lowest BCUT2D eigenvalue weighted by Crippen LogP contribution is -2.15. The molecule has 2 aromatic heterocycles. The fourth-order valence-electron chi connectivity index (χ4n) is 2.84. The van der Waals surface area contributed by atoms with Gasteiger partial charge in [0, 0.05) is 30.4 Å². The first-order chi connectivity index (χ1) is 17.5. The summed E-state index contributed by atoms with van der Waals surface area (Å²) >= 11 is 1.55. The van der Waals surface area contributed by atoms with Crippen molar-refractivity contribution in [2.45, 2.75) is 18.2 Å². The second-order valence-electron chi connectivity index (χ2n) is 7.01. The second-order valence-corrected chi connectivity index (χ2v) is 9.11. The first-order valence-electron chi connectivity index (χ1n) is 11.0. The molecule has 11 nitrogen and oxygen atoms in total. The Morgan fingerprint density at radius 3 is 2.64 bits per heavy atom. The fourth-order valence-corrected chi connectivity index (χ4v) is 4.24. The molecular weight excluding hydrogens is 506 g/mol. The highest BCUT2D eigenvalue weighted by Crippen LogP contribution is 2.31. The number of carbonyl (C=O) groups is 2. The van der Waals surface area contributed by atoms with Crippen LogP contribution in [0.25, 0.3) is 10.4 Å². The summed E-state index contributed by atoms with van der Waals surface area (Å²) in [5.41, 5.74) is 1.44. The second kappa shape index (κ2) is 14.1. The Balaban J connectivity index is 1.70. The van der Waals surface area contributed by atoms with Crippen molar-refractivity contribution in [1.82, 2.24) is 9.97 Å². The molecule has 0 unspecified atom stereocenters. The van der Waals surface area contributed by atoms with Crippen LogP contribution in [-0.4, -0.2) is 55.5 Å². The Labute approximate surface area is 214 Å². The maximum atomic E-state index is 12.2. The number of esters is 1. The van der Waals surface area contributed by atoms with Gasteiger partial charge in [-0.3, -0.25) is 9.16 Å². The van der Waals surface area contributed by atoms with Crippen LogP contribution in [0.5, 0.6) is 0 Å². The number of methoxy groups -OCH3 is 1. The van der Waals surface area contributed by atoms with E-state index in [4.69, 9.17) is 9.47 Å². The number of ether oxygens (including phenoxy) is 3. The summed E-state index contributed by atoms with van der Waals surface area (Å²) < 4.78 is 30.3. The van der Waals surface area contributed by atoms with Gasteiger partial charge in [-0.15, -0.1) is 21.9 Å². The van der Waals surface area contributed by atoms with Crippen molar-refractivity contribution in [3.63, 3.8) is 0 Å². The minimum atomic E-state index is -1.87. The van der Waals surface area contributed by atoms with Crippen molar-refractivity contribution in [2.24, 2.45) is 4.36 Å². The zero-order valence-corrected chi connectivity index (χ0v) is 21.4. The van der Waals surface area contributed by atoms with E-state index >= 15 is 0 Å². The lowest BCUT2D eigenvalue weighted by molar-refractivity contribution is -0.144. The van der Waals surface area contributed by atoms with Crippen LogP contribution in [-0.2, 0) is 33.8 Å². The van der Waals surface area contributed by atoms with Crippen molar-refractivity contribution < 1.29 is 28.0 Å². The van der Waals surface area contributed by atoms with Crippen molar-refractivity contribution in [3.8, 4) is 10.4 Å². The molecule has 3 rings (SSSR count). The third-order valence-corrected chi connectivity index (χ3v) is 6.38. The number of hydrogen-bond acceptors (Lipinski definition) is 12. The average molecular weight is 533 g/mol. The van der Waals surface area contributed by atoms with Crippen LogP contribution in [0.15, 0.2) is 57.2 Å². The maximum Gasteiger partial charge on any atom is 0.410 e. The SMILES string of the molecule is CCOC(=O)N=[S-](=O)c1ccc(Nc2ncc(-c3cccs3)c(NCCC(=O)OCCOC)n2)cc1. The molecule has 0 aliphatic carbocycles. The summed E-state index contributed by atoms with van der Waals surface area (Å²) in [6.45, 7) is 2.68. The smallest absolute Gasteiger partial charge is 0.410 e. The molecule has 192 valence electrons. The number of thiophene rings is 1. The van der Waals surface area contributed by atoms with E-state index in [0.29, 0.717) is 35.5 Å². The number of hydrogen-bond donors (Lipinski definition) is 2. The largest absolute Gasteiger partial charge is 0.463 e. The Morgan fingerprint density at radius 2 is 1.94 bits per heavy atom. The Hall–Kier alpha value is -3.55. The molecule has 0 aliphatic heterocycles. The van der Waals surface area contributed by atoms with Gasteiger partial charge in [0.2, 0.25) is 5.95 Å². The number of anilines is 3. The Bertz CT molecular complexity index is 1230. The van der Waals surface area contributed by atoms with Crippen LogP contribution in [0.1, 0.15) is 13.3 Å². The Morgan fingerprint density at radius 1 is 1.14 bits per heavy atom. The lowest BCUT2D eigenvalue weighted by Gasteiger charge is -2.13. The van der Waals surface area contributed by atoms with Gasteiger partial charge >= 0.3 is 12.1 Å². The molecule has 0 atom stereocenters. The fraction of sp³-hybridized carbons (Fsp3) is 0.304. The summed E-state index contributed by atoms with van der Waals surface area (Å²) in [5.74, 6) is 0.549. The summed E-state index contributed by atoms with van der Waals surface area (Å²) in [7, 11) is -0.326. The van der Waals surface area contributed by atoms with Gasteiger partial charge in [0.1, 0.15) is 12.4 Å². The van der Waals surface area contributed by atoms with E-state index in [1.165, 1.54) is 0 Å². The van der Waals surface area contributed by atoms with Crippen molar-refractivity contribution in [3.05, 3.63) is 48.0 Å². The molecule has 0 bridgehead atoms. The number of amides is 1. The van der Waals surface area contributed by atoms with E-state index in [1.807, 2.05) is 17.5 Å². The average Bonchev–Trinajstić information content (AvgIpc) is 3.40. The highest BCUT2D eigenvalue weighted by Gasteiger charge is 2.12. The zero-order chi connectivity index (χ0) is 25.8. The molecule has 3 aromatic rings. The normalized spacial score (nSPS) is 11.6. The summed E-state index contributed by atoms with van der Waals surface area (Å²) in [5, 5.41) is 8.24. The first kappa shape index (κ1) is 27.0. The summed E-state index contributed by atoms with van der Waals surface area (Å²) in [6, 6.07) is 10.4. The van der Waals surface area contributed by atoms with Crippen molar-refractivity contribution in [2.75, 3.05) is 44.1 Å². The predicted molar refractivity (Wildman–Crippen MR) is 137 cm³/mol. The topological polar surface area (TPSA) is 141 Å². The molecule has 36 heavy (non-hydrogen) atoms. The lowest BCUT2D eigenvalue weighted by atomic mass is 10.2. The van der Waals surface area contributed by atoms with Crippen LogP contribution in [0, 0.1) is 0 Å². The number of carbonyl (C=O) groups excluding carboxylic acids is 2. The van der Waals surface area contributed by atoms with Gasteiger partial charge in [-0.1, -0.05) is 23.1 Å². The van der Waals surface area contributed by atoms with E-state index in [2.05, 4.69) is 29.7 Å². The molecule has 0 fully saturated rings. The summed E-state index contributed by atoms with van der Waals surface area (Å²) in [6.07, 6.45) is 0.984.